The Morgan fingerprint density at radius 1 is 1.37 bits per heavy atom. The Morgan fingerprint density at radius 3 is 2.79 bits per heavy atom. The van der Waals surface area contributed by atoms with Crippen molar-refractivity contribution in [3.05, 3.63) is 0 Å². The van der Waals surface area contributed by atoms with Gasteiger partial charge in [0.05, 0.1) is 0 Å². The van der Waals surface area contributed by atoms with Gasteiger partial charge in [0, 0.05) is 51.2 Å². The SMILES string of the molecule is CN(C)CCN1CCCC(N2CC(CO)CC2=O)C1. The molecule has 2 fully saturated rings. The number of aliphatic hydroxyl groups excluding tert-OH is 1. The minimum atomic E-state index is 0.138. The number of aliphatic hydroxyl groups is 1. The maximum absolute atomic E-state index is 12.0. The standard InChI is InChI=1S/C14H27N3O2/c1-15(2)6-7-16-5-3-4-13(10-16)17-9-12(11-18)8-14(17)19/h12-13,18H,3-11H2,1-2H3. The van der Waals surface area contributed by atoms with Gasteiger partial charge in [-0.05, 0) is 33.5 Å². The molecule has 1 N–H and O–H groups in total. The first kappa shape index (κ1) is 14.8. The van der Waals surface area contributed by atoms with Crippen molar-refractivity contribution in [2.45, 2.75) is 25.3 Å². The van der Waals surface area contributed by atoms with E-state index >= 15 is 0 Å². The highest BCUT2D eigenvalue weighted by molar-refractivity contribution is 5.79. The lowest BCUT2D eigenvalue weighted by Crippen LogP contribution is -2.49. The molecule has 2 unspecified atom stereocenters. The molecule has 0 radical (unpaired) electrons. The van der Waals surface area contributed by atoms with E-state index in [4.69, 9.17) is 0 Å². The van der Waals surface area contributed by atoms with Gasteiger partial charge in [-0.3, -0.25) is 4.79 Å². The van der Waals surface area contributed by atoms with Crippen molar-refractivity contribution in [2.24, 2.45) is 5.92 Å². The monoisotopic (exact) mass is 269 g/mol. The summed E-state index contributed by atoms with van der Waals surface area (Å²) in [5.41, 5.74) is 0. The lowest BCUT2D eigenvalue weighted by atomic mass is 10.0. The third-order valence-corrected chi connectivity index (χ3v) is 4.28. The molecule has 110 valence electrons. The summed E-state index contributed by atoms with van der Waals surface area (Å²) < 4.78 is 0. The Hall–Kier alpha value is -0.650. The van der Waals surface area contributed by atoms with Crippen molar-refractivity contribution in [2.75, 3.05) is 53.4 Å². The number of rotatable bonds is 5. The molecule has 0 saturated carbocycles. The summed E-state index contributed by atoms with van der Waals surface area (Å²) in [6.07, 6.45) is 2.82. The molecule has 2 heterocycles. The Balaban J connectivity index is 1.85. The van der Waals surface area contributed by atoms with Gasteiger partial charge in [0.2, 0.25) is 5.91 Å². The Bertz CT molecular complexity index is 309. The maximum atomic E-state index is 12.0. The molecule has 0 bridgehead atoms. The number of carbonyl (C=O) groups is 1. The lowest BCUT2D eigenvalue weighted by molar-refractivity contribution is -0.130. The van der Waals surface area contributed by atoms with Crippen LogP contribution in [0.15, 0.2) is 0 Å². The van der Waals surface area contributed by atoms with Crippen molar-refractivity contribution >= 4 is 5.91 Å². The van der Waals surface area contributed by atoms with Gasteiger partial charge >= 0.3 is 0 Å². The molecular formula is C14H27N3O2. The van der Waals surface area contributed by atoms with Crippen molar-refractivity contribution < 1.29 is 9.90 Å². The zero-order valence-electron chi connectivity index (χ0n) is 12.2. The van der Waals surface area contributed by atoms with Gasteiger partial charge in [0.1, 0.15) is 0 Å². The van der Waals surface area contributed by atoms with Gasteiger partial charge in [-0.25, -0.2) is 0 Å². The summed E-state index contributed by atoms with van der Waals surface area (Å²) in [4.78, 5) is 18.7. The summed E-state index contributed by atoms with van der Waals surface area (Å²) >= 11 is 0. The average molecular weight is 269 g/mol. The van der Waals surface area contributed by atoms with Crippen LogP contribution in [0.3, 0.4) is 0 Å². The second-order valence-corrected chi connectivity index (χ2v) is 6.20. The molecule has 2 aliphatic heterocycles. The molecule has 0 aromatic heterocycles. The van der Waals surface area contributed by atoms with E-state index in [-0.39, 0.29) is 18.4 Å². The Kier molecular flexibility index (Phi) is 5.19. The molecular weight excluding hydrogens is 242 g/mol. The zero-order valence-corrected chi connectivity index (χ0v) is 12.2. The number of likely N-dealkylation sites (N-methyl/N-ethyl adjacent to an activating group) is 1. The molecule has 1 amide bonds. The number of piperidine rings is 1. The van der Waals surface area contributed by atoms with Gasteiger partial charge in [-0.15, -0.1) is 0 Å². The number of carbonyl (C=O) groups excluding carboxylic acids is 1. The van der Waals surface area contributed by atoms with E-state index in [0.29, 0.717) is 12.5 Å². The number of amides is 1. The van der Waals surface area contributed by atoms with E-state index in [9.17, 15) is 9.90 Å². The zero-order chi connectivity index (χ0) is 13.8. The lowest BCUT2D eigenvalue weighted by Gasteiger charge is -2.38. The number of hydrogen-bond donors (Lipinski definition) is 1. The molecule has 19 heavy (non-hydrogen) atoms. The fraction of sp³-hybridized carbons (Fsp3) is 0.929. The molecule has 5 heteroatoms. The van der Waals surface area contributed by atoms with Crippen molar-refractivity contribution in [3.63, 3.8) is 0 Å². The maximum Gasteiger partial charge on any atom is 0.223 e. The van der Waals surface area contributed by atoms with Crippen LogP contribution in [-0.2, 0) is 4.79 Å². The summed E-state index contributed by atoms with van der Waals surface area (Å²) in [5.74, 6) is 0.392. The van der Waals surface area contributed by atoms with Gasteiger partial charge in [-0.2, -0.15) is 0 Å². The molecule has 5 nitrogen and oxygen atoms in total. The summed E-state index contributed by atoms with van der Waals surface area (Å²) in [5, 5.41) is 9.20. The summed E-state index contributed by atoms with van der Waals surface area (Å²) in [6, 6.07) is 0.361. The van der Waals surface area contributed by atoms with Crippen LogP contribution in [0.4, 0.5) is 0 Å². The molecule has 2 saturated heterocycles. The molecule has 0 aliphatic carbocycles. The average Bonchev–Trinajstić information content (AvgIpc) is 2.78. The summed E-state index contributed by atoms with van der Waals surface area (Å²) in [6.45, 7) is 5.18. The van der Waals surface area contributed by atoms with Crippen LogP contribution in [0.1, 0.15) is 19.3 Å². The minimum absolute atomic E-state index is 0.138. The Labute approximate surface area is 116 Å². The third-order valence-electron chi connectivity index (χ3n) is 4.28. The van der Waals surface area contributed by atoms with Crippen molar-refractivity contribution in [1.82, 2.24) is 14.7 Å². The quantitative estimate of drug-likeness (QED) is 0.754. The van der Waals surface area contributed by atoms with E-state index in [1.807, 2.05) is 4.90 Å². The fourth-order valence-electron chi connectivity index (χ4n) is 3.11. The van der Waals surface area contributed by atoms with Crippen LogP contribution in [0, 0.1) is 5.92 Å². The van der Waals surface area contributed by atoms with E-state index in [0.717, 1.165) is 39.1 Å². The highest BCUT2D eigenvalue weighted by Crippen LogP contribution is 2.24. The van der Waals surface area contributed by atoms with Gasteiger partial charge in [0.25, 0.3) is 0 Å². The molecule has 0 aromatic rings. The predicted molar refractivity (Wildman–Crippen MR) is 74.9 cm³/mol. The number of nitrogens with zero attached hydrogens (tertiary/aromatic N) is 3. The summed E-state index contributed by atoms with van der Waals surface area (Å²) in [7, 11) is 4.19. The number of hydrogen-bond acceptors (Lipinski definition) is 4. The fourth-order valence-corrected chi connectivity index (χ4v) is 3.11. The van der Waals surface area contributed by atoms with Crippen LogP contribution in [0.25, 0.3) is 0 Å². The highest BCUT2D eigenvalue weighted by atomic mass is 16.3. The van der Waals surface area contributed by atoms with Crippen molar-refractivity contribution in [3.8, 4) is 0 Å². The minimum Gasteiger partial charge on any atom is -0.396 e. The largest absolute Gasteiger partial charge is 0.396 e. The molecule has 2 rings (SSSR count). The van der Waals surface area contributed by atoms with E-state index < -0.39 is 0 Å². The predicted octanol–water partition coefficient (Wildman–Crippen LogP) is -0.147. The smallest absolute Gasteiger partial charge is 0.223 e. The normalized spacial score (nSPS) is 29.5. The van der Waals surface area contributed by atoms with E-state index in [2.05, 4.69) is 23.9 Å². The molecule has 2 atom stereocenters. The second kappa shape index (κ2) is 6.68. The first-order chi connectivity index (χ1) is 9.10. The first-order valence-electron chi connectivity index (χ1n) is 7.37. The van der Waals surface area contributed by atoms with Crippen LogP contribution in [0.5, 0.6) is 0 Å². The van der Waals surface area contributed by atoms with Crippen LogP contribution < -0.4 is 0 Å². The third kappa shape index (κ3) is 3.91. The van der Waals surface area contributed by atoms with Crippen molar-refractivity contribution in [1.29, 1.82) is 0 Å². The van der Waals surface area contributed by atoms with Crippen LogP contribution in [0.2, 0.25) is 0 Å². The Morgan fingerprint density at radius 2 is 2.16 bits per heavy atom. The van der Waals surface area contributed by atoms with Crippen LogP contribution >= 0.6 is 0 Å². The topological polar surface area (TPSA) is 47.0 Å². The van der Waals surface area contributed by atoms with E-state index in [1.165, 1.54) is 6.42 Å². The second-order valence-electron chi connectivity index (χ2n) is 6.20. The first-order valence-corrected chi connectivity index (χ1v) is 7.37. The molecule has 2 aliphatic rings. The highest BCUT2D eigenvalue weighted by Gasteiger charge is 2.35. The number of likely N-dealkylation sites (tertiary alicyclic amines) is 2. The van der Waals surface area contributed by atoms with Gasteiger partial charge < -0.3 is 19.8 Å². The van der Waals surface area contributed by atoms with E-state index in [1.54, 1.807) is 0 Å². The molecule has 0 spiro atoms. The molecule has 0 aromatic carbocycles. The van der Waals surface area contributed by atoms with Gasteiger partial charge in [-0.1, -0.05) is 0 Å². The van der Waals surface area contributed by atoms with Crippen LogP contribution in [-0.4, -0.2) is 85.2 Å². The van der Waals surface area contributed by atoms with Gasteiger partial charge in [0.15, 0.2) is 0 Å².